The van der Waals surface area contributed by atoms with E-state index in [1.54, 1.807) is 12.4 Å². The molecule has 0 aliphatic heterocycles. The molecule has 0 amide bonds. The van der Waals surface area contributed by atoms with Crippen molar-refractivity contribution in [2.24, 2.45) is 0 Å². The van der Waals surface area contributed by atoms with Crippen LogP contribution in [0, 0.1) is 11.6 Å². The van der Waals surface area contributed by atoms with E-state index in [4.69, 9.17) is 11.6 Å². The van der Waals surface area contributed by atoms with Crippen LogP contribution in [-0.2, 0) is 12.8 Å². The lowest BCUT2D eigenvalue weighted by Gasteiger charge is -2.08. The molecule has 1 aromatic heterocycles. The van der Waals surface area contributed by atoms with E-state index in [9.17, 15) is 8.78 Å². The van der Waals surface area contributed by atoms with Gasteiger partial charge in [0.05, 0.1) is 0 Å². The Morgan fingerprint density at radius 3 is 2.71 bits per heavy atom. The van der Waals surface area contributed by atoms with Gasteiger partial charge in [0.2, 0.25) is 0 Å². The highest BCUT2D eigenvalue weighted by Crippen LogP contribution is 2.14. The Labute approximate surface area is 103 Å². The summed E-state index contributed by atoms with van der Waals surface area (Å²) in [4.78, 5) is 7.00. The normalized spacial score (nSPS) is 12.6. The summed E-state index contributed by atoms with van der Waals surface area (Å²) in [6.07, 6.45) is 4.40. The number of nitrogens with zero attached hydrogens (tertiary/aromatic N) is 1. The van der Waals surface area contributed by atoms with E-state index in [1.165, 1.54) is 12.1 Å². The van der Waals surface area contributed by atoms with Crippen molar-refractivity contribution in [3.8, 4) is 0 Å². The van der Waals surface area contributed by atoms with Crippen LogP contribution in [-0.4, -0.2) is 15.3 Å². The molecule has 1 heterocycles. The van der Waals surface area contributed by atoms with Crippen LogP contribution in [0.3, 0.4) is 0 Å². The monoisotopic (exact) mass is 256 g/mol. The van der Waals surface area contributed by atoms with Gasteiger partial charge in [-0.2, -0.15) is 0 Å². The number of imidazole rings is 1. The van der Waals surface area contributed by atoms with Crippen LogP contribution in [0.5, 0.6) is 0 Å². The Bertz CT molecular complexity index is 485. The second-order valence-electron chi connectivity index (χ2n) is 3.79. The van der Waals surface area contributed by atoms with Crippen molar-refractivity contribution < 1.29 is 8.78 Å². The van der Waals surface area contributed by atoms with E-state index in [0.29, 0.717) is 18.4 Å². The molecular formula is C12H11ClF2N2. The molecule has 0 radical (unpaired) electrons. The predicted octanol–water partition coefficient (Wildman–Crippen LogP) is 3.08. The zero-order valence-corrected chi connectivity index (χ0v) is 9.72. The van der Waals surface area contributed by atoms with Gasteiger partial charge in [0.15, 0.2) is 11.6 Å². The maximum Gasteiger partial charge on any atom is 0.159 e. The summed E-state index contributed by atoms with van der Waals surface area (Å²) in [5, 5.41) is -0.203. The molecular weight excluding hydrogens is 246 g/mol. The van der Waals surface area contributed by atoms with E-state index in [0.717, 1.165) is 11.9 Å². The number of aromatic nitrogens is 2. The molecule has 0 aliphatic carbocycles. The van der Waals surface area contributed by atoms with Crippen LogP contribution in [0.4, 0.5) is 8.78 Å². The van der Waals surface area contributed by atoms with Crippen molar-refractivity contribution in [3.63, 3.8) is 0 Å². The van der Waals surface area contributed by atoms with E-state index >= 15 is 0 Å². The molecule has 0 saturated carbocycles. The smallest absolute Gasteiger partial charge is 0.159 e. The first kappa shape index (κ1) is 12.0. The van der Waals surface area contributed by atoms with Gasteiger partial charge < -0.3 is 4.98 Å². The number of hydrogen-bond acceptors (Lipinski definition) is 1. The number of nitrogens with one attached hydrogen (secondary N) is 1. The number of benzene rings is 1. The highest BCUT2D eigenvalue weighted by atomic mass is 35.5. The molecule has 2 nitrogen and oxygen atoms in total. The second kappa shape index (κ2) is 5.27. The van der Waals surface area contributed by atoms with Gasteiger partial charge in [0.1, 0.15) is 5.82 Å². The number of H-pyrrole nitrogens is 1. The van der Waals surface area contributed by atoms with Gasteiger partial charge in [0, 0.05) is 24.2 Å². The molecule has 2 rings (SSSR count). The molecule has 1 unspecified atom stereocenters. The Balaban J connectivity index is 1.98. The zero-order chi connectivity index (χ0) is 12.3. The first-order valence-electron chi connectivity index (χ1n) is 5.21. The lowest BCUT2D eigenvalue weighted by atomic mass is 10.1. The zero-order valence-electron chi connectivity index (χ0n) is 8.96. The quantitative estimate of drug-likeness (QED) is 0.837. The summed E-state index contributed by atoms with van der Waals surface area (Å²) in [6, 6.07) is 3.82. The van der Waals surface area contributed by atoms with Crippen LogP contribution >= 0.6 is 11.6 Å². The fourth-order valence-electron chi connectivity index (χ4n) is 1.61. The molecule has 0 spiro atoms. The Hall–Kier alpha value is -1.42. The number of hydrogen-bond donors (Lipinski definition) is 1. The third-order valence-corrected chi connectivity index (χ3v) is 2.72. The third-order valence-electron chi connectivity index (χ3n) is 2.41. The summed E-state index contributed by atoms with van der Waals surface area (Å²) in [5.41, 5.74) is 0.676. The summed E-state index contributed by atoms with van der Waals surface area (Å²) < 4.78 is 25.7. The predicted molar refractivity (Wildman–Crippen MR) is 62.0 cm³/mol. The average molecular weight is 257 g/mol. The molecule has 0 fully saturated rings. The van der Waals surface area contributed by atoms with Gasteiger partial charge in [-0.3, -0.25) is 0 Å². The first-order valence-corrected chi connectivity index (χ1v) is 5.65. The molecule has 0 saturated heterocycles. The lowest BCUT2D eigenvalue weighted by molar-refractivity contribution is 0.507. The van der Waals surface area contributed by atoms with Gasteiger partial charge in [-0.25, -0.2) is 13.8 Å². The van der Waals surface area contributed by atoms with Gasteiger partial charge >= 0.3 is 0 Å². The maximum absolute atomic E-state index is 13.0. The van der Waals surface area contributed by atoms with Gasteiger partial charge in [0.25, 0.3) is 0 Å². The molecule has 0 bridgehead atoms. The maximum atomic E-state index is 13.0. The fraction of sp³-hybridized carbons (Fsp3) is 0.250. The molecule has 90 valence electrons. The average Bonchev–Trinajstić information content (AvgIpc) is 2.76. The molecule has 2 aromatic rings. The topological polar surface area (TPSA) is 28.7 Å². The highest BCUT2D eigenvalue weighted by molar-refractivity contribution is 6.20. The second-order valence-corrected chi connectivity index (χ2v) is 4.41. The SMILES string of the molecule is Fc1ccc(CC(Cl)Cc2ncc[nH]2)cc1F. The van der Waals surface area contributed by atoms with Crippen LogP contribution in [0.25, 0.3) is 0 Å². The van der Waals surface area contributed by atoms with E-state index < -0.39 is 11.6 Å². The summed E-state index contributed by atoms with van der Waals surface area (Å²) >= 11 is 6.12. The molecule has 1 N–H and O–H groups in total. The minimum Gasteiger partial charge on any atom is -0.349 e. The van der Waals surface area contributed by atoms with Crippen molar-refractivity contribution in [1.82, 2.24) is 9.97 Å². The molecule has 5 heteroatoms. The first-order chi connectivity index (χ1) is 8.15. The van der Waals surface area contributed by atoms with Gasteiger partial charge in [-0.1, -0.05) is 6.07 Å². The Kier molecular flexibility index (Phi) is 3.74. The summed E-state index contributed by atoms with van der Waals surface area (Å²) in [7, 11) is 0. The van der Waals surface area contributed by atoms with E-state index in [1.807, 2.05) is 0 Å². The van der Waals surface area contributed by atoms with Crippen molar-refractivity contribution >= 4 is 11.6 Å². The Morgan fingerprint density at radius 2 is 2.06 bits per heavy atom. The van der Waals surface area contributed by atoms with Crippen molar-refractivity contribution in [3.05, 3.63) is 53.6 Å². The van der Waals surface area contributed by atoms with Crippen LogP contribution < -0.4 is 0 Å². The molecule has 0 aliphatic rings. The molecule has 1 atom stereocenters. The van der Waals surface area contributed by atoms with E-state index in [-0.39, 0.29) is 5.38 Å². The molecule has 17 heavy (non-hydrogen) atoms. The third kappa shape index (κ3) is 3.27. The fourth-order valence-corrected chi connectivity index (χ4v) is 1.94. The number of halogens is 3. The minimum atomic E-state index is -0.843. The van der Waals surface area contributed by atoms with Gasteiger partial charge in [-0.15, -0.1) is 11.6 Å². The molecule has 1 aromatic carbocycles. The van der Waals surface area contributed by atoms with Crippen molar-refractivity contribution in [1.29, 1.82) is 0 Å². The highest BCUT2D eigenvalue weighted by Gasteiger charge is 2.10. The number of rotatable bonds is 4. The number of alkyl halides is 1. The van der Waals surface area contributed by atoms with Crippen LogP contribution in [0.1, 0.15) is 11.4 Å². The van der Waals surface area contributed by atoms with Crippen molar-refractivity contribution in [2.75, 3.05) is 0 Å². The number of aromatic amines is 1. The van der Waals surface area contributed by atoms with Gasteiger partial charge in [-0.05, 0) is 24.1 Å². The van der Waals surface area contributed by atoms with Crippen LogP contribution in [0.2, 0.25) is 0 Å². The Morgan fingerprint density at radius 1 is 1.24 bits per heavy atom. The summed E-state index contributed by atoms with van der Waals surface area (Å²) in [5.74, 6) is -0.900. The standard InChI is InChI=1S/C12H11ClF2N2/c13-9(7-12-16-3-4-17-12)5-8-1-2-10(14)11(15)6-8/h1-4,6,9H,5,7H2,(H,16,17). The minimum absolute atomic E-state index is 0.203. The summed E-state index contributed by atoms with van der Waals surface area (Å²) in [6.45, 7) is 0. The van der Waals surface area contributed by atoms with Crippen LogP contribution in [0.15, 0.2) is 30.6 Å². The lowest BCUT2D eigenvalue weighted by Crippen LogP contribution is -2.09. The largest absolute Gasteiger partial charge is 0.349 e. The van der Waals surface area contributed by atoms with E-state index in [2.05, 4.69) is 9.97 Å². The van der Waals surface area contributed by atoms with Crippen molar-refractivity contribution in [2.45, 2.75) is 18.2 Å².